The molecule has 2 aromatic rings. The van der Waals surface area contributed by atoms with E-state index in [0.29, 0.717) is 0 Å². The van der Waals surface area contributed by atoms with Crippen LogP contribution < -0.4 is 5.32 Å². The number of hydrogen-bond acceptors (Lipinski definition) is 1. The van der Waals surface area contributed by atoms with Crippen molar-refractivity contribution in [2.75, 3.05) is 5.32 Å². The molecule has 1 heteroatoms. The molecule has 0 unspecified atom stereocenters. The summed E-state index contributed by atoms with van der Waals surface area (Å²) in [6.45, 7) is 0. The molecule has 0 bridgehead atoms. The molecular weight excluding hydrogens is 218 g/mol. The lowest BCUT2D eigenvalue weighted by Crippen LogP contribution is -1.87. The molecule has 1 N–H and O–H groups in total. The highest BCUT2D eigenvalue weighted by Gasteiger charge is 1.95. The molecule has 1 aliphatic carbocycles. The molecule has 1 aliphatic rings. The largest absolute Gasteiger partial charge is 0.356 e. The topological polar surface area (TPSA) is 12.0 Å². The number of para-hydroxylation sites is 2. The van der Waals surface area contributed by atoms with Gasteiger partial charge in [-0.25, -0.2) is 0 Å². The van der Waals surface area contributed by atoms with Crippen molar-refractivity contribution in [1.82, 2.24) is 0 Å². The van der Waals surface area contributed by atoms with E-state index in [0.717, 1.165) is 11.4 Å². The van der Waals surface area contributed by atoms with Gasteiger partial charge in [0.2, 0.25) is 0 Å². The molecule has 0 aliphatic heterocycles. The first kappa shape index (κ1) is 12.7. The Morgan fingerprint density at radius 1 is 0.500 bits per heavy atom. The van der Waals surface area contributed by atoms with E-state index in [1.165, 1.54) is 32.1 Å². The lowest BCUT2D eigenvalue weighted by Gasteiger charge is -2.04. The van der Waals surface area contributed by atoms with Crippen molar-refractivity contribution in [1.29, 1.82) is 0 Å². The molecule has 1 saturated carbocycles. The Morgan fingerprint density at radius 3 is 1.17 bits per heavy atom. The van der Waals surface area contributed by atoms with Crippen molar-refractivity contribution >= 4 is 11.4 Å². The second-order valence-electron chi connectivity index (χ2n) is 4.62. The lowest BCUT2D eigenvalue weighted by atomic mass is 10.3. The third-order valence-electron chi connectivity index (χ3n) is 3.09. The fourth-order valence-electron chi connectivity index (χ4n) is 2.09. The molecule has 1 nitrogen and oxygen atoms in total. The average Bonchev–Trinajstić information content (AvgIpc) is 3.00. The smallest absolute Gasteiger partial charge is 0.0384 e. The Bertz CT molecular complexity index is 373. The summed E-state index contributed by atoms with van der Waals surface area (Å²) in [6, 6.07) is 20.3. The van der Waals surface area contributed by atoms with Gasteiger partial charge in [0.25, 0.3) is 0 Å². The zero-order valence-corrected chi connectivity index (χ0v) is 10.8. The summed E-state index contributed by atoms with van der Waals surface area (Å²) in [6.07, 6.45) is 7.50. The number of anilines is 2. The van der Waals surface area contributed by atoms with Gasteiger partial charge < -0.3 is 5.32 Å². The normalized spacial score (nSPS) is 13.6. The second kappa shape index (κ2) is 7.54. The summed E-state index contributed by atoms with van der Waals surface area (Å²) in [5, 5.41) is 3.30. The quantitative estimate of drug-likeness (QED) is 0.741. The Morgan fingerprint density at radius 2 is 0.833 bits per heavy atom. The maximum absolute atomic E-state index is 3.30. The molecule has 0 aromatic heterocycles. The Kier molecular flexibility index (Phi) is 5.32. The van der Waals surface area contributed by atoms with Crippen molar-refractivity contribution in [3.05, 3.63) is 60.7 Å². The van der Waals surface area contributed by atoms with Crippen molar-refractivity contribution < 1.29 is 0 Å². The number of hydrogen-bond donors (Lipinski definition) is 1. The zero-order chi connectivity index (χ0) is 12.5. The highest BCUT2D eigenvalue weighted by atomic mass is 14.9. The standard InChI is InChI=1S/C12H11N.C5H10/c1-3-7-11(8-4-1)13-12-9-5-2-6-10-12;1-2-4-5-3-1/h1-10,13H;1-5H2. The first-order chi connectivity index (χ1) is 8.95. The summed E-state index contributed by atoms with van der Waals surface area (Å²) in [7, 11) is 0. The van der Waals surface area contributed by atoms with Gasteiger partial charge in [-0.05, 0) is 24.3 Å². The Labute approximate surface area is 110 Å². The van der Waals surface area contributed by atoms with Gasteiger partial charge in [-0.1, -0.05) is 68.5 Å². The van der Waals surface area contributed by atoms with Crippen LogP contribution in [0.15, 0.2) is 60.7 Å². The van der Waals surface area contributed by atoms with Crippen LogP contribution in [0.4, 0.5) is 11.4 Å². The van der Waals surface area contributed by atoms with Crippen LogP contribution in [0.1, 0.15) is 32.1 Å². The molecular formula is C17H21N. The Hall–Kier alpha value is -1.76. The van der Waals surface area contributed by atoms with Gasteiger partial charge in [-0.2, -0.15) is 0 Å². The molecule has 1 fully saturated rings. The van der Waals surface area contributed by atoms with Crippen LogP contribution in [0, 0.1) is 0 Å². The molecule has 2 aromatic carbocycles. The third kappa shape index (κ3) is 4.62. The van der Waals surface area contributed by atoms with Crippen LogP contribution in [-0.2, 0) is 0 Å². The van der Waals surface area contributed by atoms with Gasteiger partial charge in [0, 0.05) is 11.4 Å². The maximum atomic E-state index is 3.30. The molecule has 18 heavy (non-hydrogen) atoms. The van der Waals surface area contributed by atoms with Crippen LogP contribution in [0.3, 0.4) is 0 Å². The van der Waals surface area contributed by atoms with E-state index in [9.17, 15) is 0 Å². The van der Waals surface area contributed by atoms with E-state index in [4.69, 9.17) is 0 Å². The number of rotatable bonds is 2. The maximum Gasteiger partial charge on any atom is 0.0384 e. The van der Waals surface area contributed by atoms with Gasteiger partial charge in [0.05, 0.1) is 0 Å². The first-order valence-corrected chi connectivity index (χ1v) is 6.82. The second-order valence-corrected chi connectivity index (χ2v) is 4.62. The van der Waals surface area contributed by atoms with E-state index < -0.39 is 0 Å². The average molecular weight is 239 g/mol. The van der Waals surface area contributed by atoms with E-state index >= 15 is 0 Å². The van der Waals surface area contributed by atoms with Crippen LogP contribution in [-0.4, -0.2) is 0 Å². The molecule has 0 atom stereocenters. The van der Waals surface area contributed by atoms with Crippen LogP contribution in [0.2, 0.25) is 0 Å². The monoisotopic (exact) mass is 239 g/mol. The van der Waals surface area contributed by atoms with E-state index in [-0.39, 0.29) is 0 Å². The minimum Gasteiger partial charge on any atom is -0.356 e. The SMILES string of the molecule is C1CCCC1.c1ccc(Nc2ccccc2)cc1. The number of nitrogens with one attached hydrogen (secondary N) is 1. The molecule has 94 valence electrons. The predicted octanol–water partition coefficient (Wildman–Crippen LogP) is 5.38. The fraction of sp³-hybridized carbons (Fsp3) is 0.294. The predicted molar refractivity (Wildman–Crippen MR) is 79.3 cm³/mol. The van der Waals surface area contributed by atoms with Crippen LogP contribution >= 0.6 is 0 Å². The van der Waals surface area contributed by atoms with E-state index in [1.54, 1.807) is 0 Å². The highest BCUT2D eigenvalue weighted by Crippen LogP contribution is 2.15. The lowest BCUT2D eigenvalue weighted by molar-refractivity contribution is 0.886. The van der Waals surface area contributed by atoms with Crippen molar-refractivity contribution in [2.24, 2.45) is 0 Å². The number of benzene rings is 2. The molecule has 3 rings (SSSR count). The molecule has 0 spiro atoms. The molecule has 0 saturated heterocycles. The zero-order valence-electron chi connectivity index (χ0n) is 10.8. The summed E-state index contributed by atoms with van der Waals surface area (Å²) in [5.41, 5.74) is 2.24. The van der Waals surface area contributed by atoms with Crippen molar-refractivity contribution in [2.45, 2.75) is 32.1 Å². The summed E-state index contributed by atoms with van der Waals surface area (Å²) < 4.78 is 0. The minimum absolute atomic E-state index is 1.12. The van der Waals surface area contributed by atoms with E-state index in [1.807, 2.05) is 60.7 Å². The third-order valence-corrected chi connectivity index (χ3v) is 3.09. The molecule has 0 radical (unpaired) electrons. The summed E-state index contributed by atoms with van der Waals surface area (Å²) in [5.74, 6) is 0. The van der Waals surface area contributed by atoms with Crippen LogP contribution in [0.5, 0.6) is 0 Å². The van der Waals surface area contributed by atoms with Crippen molar-refractivity contribution in [3.63, 3.8) is 0 Å². The molecule has 0 heterocycles. The van der Waals surface area contributed by atoms with E-state index in [2.05, 4.69) is 5.32 Å². The molecule has 0 amide bonds. The van der Waals surface area contributed by atoms with Gasteiger partial charge in [0.1, 0.15) is 0 Å². The van der Waals surface area contributed by atoms with Gasteiger partial charge in [-0.3, -0.25) is 0 Å². The Balaban J connectivity index is 0.000000202. The van der Waals surface area contributed by atoms with Crippen LogP contribution in [0.25, 0.3) is 0 Å². The van der Waals surface area contributed by atoms with Gasteiger partial charge in [-0.15, -0.1) is 0 Å². The van der Waals surface area contributed by atoms with Crippen molar-refractivity contribution in [3.8, 4) is 0 Å². The summed E-state index contributed by atoms with van der Waals surface area (Å²) in [4.78, 5) is 0. The fourth-order valence-corrected chi connectivity index (χ4v) is 2.09. The first-order valence-electron chi connectivity index (χ1n) is 6.82. The van der Waals surface area contributed by atoms with Gasteiger partial charge in [0.15, 0.2) is 0 Å². The highest BCUT2D eigenvalue weighted by molar-refractivity contribution is 5.58. The minimum atomic E-state index is 1.12. The summed E-state index contributed by atoms with van der Waals surface area (Å²) >= 11 is 0. The van der Waals surface area contributed by atoms with Gasteiger partial charge >= 0.3 is 0 Å².